The van der Waals surface area contributed by atoms with E-state index < -0.39 is 0 Å². The molecule has 1 aromatic rings. The van der Waals surface area contributed by atoms with Crippen LogP contribution in [0.1, 0.15) is 22.8 Å². The third kappa shape index (κ3) is 2.86. The lowest BCUT2D eigenvalue weighted by atomic mass is 10.1. The Kier molecular flexibility index (Phi) is 4.58. The minimum Gasteiger partial charge on any atom is -0.496 e. The number of ether oxygens (including phenoxy) is 1. The number of carbonyl (C=O) groups is 1. The first-order chi connectivity index (χ1) is 7.72. The van der Waals surface area contributed by atoms with Crippen molar-refractivity contribution in [2.45, 2.75) is 13.3 Å². The number of rotatable bonds is 5. The minimum atomic E-state index is -0.0859. The van der Waals surface area contributed by atoms with Crippen molar-refractivity contribution in [3.05, 3.63) is 42.0 Å². The van der Waals surface area contributed by atoms with Gasteiger partial charge < -0.3 is 10.1 Å². The molecule has 0 bridgehead atoms. The van der Waals surface area contributed by atoms with Crippen LogP contribution in [0, 0.1) is 0 Å². The molecule has 86 valence electrons. The molecule has 0 saturated heterocycles. The van der Waals surface area contributed by atoms with Crippen molar-refractivity contribution in [3.8, 4) is 5.75 Å². The highest BCUT2D eigenvalue weighted by molar-refractivity contribution is 5.94. The number of benzene rings is 1. The smallest absolute Gasteiger partial charge is 0.251 e. The van der Waals surface area contributed by atoms with Crippen LogP contribution in [0.3, 0.4) is 0 Å². The van der Waals surface area contributed by atoms with Crippen LogP contribution in [0.4, 0.5) is 0 Å². The van der Waals surface area contributed by atoms with Crippen molar-refractivity contribution in [1.29, 1.82) is 0 Å². The highest BCUT2D eigenvalue weighted by Crippen LogP contribution is 2.20. The van der Waals surface area contributed by atoms with E-state index in [2.05, 4.69) is 11.9 Å². The highest BCUT2D eigenvalue weighted by atomic mass is 16.5. The molecule has 1 rings (SSSR count). The summed E-state index contributed by atoms with van der Waals surface area (Å²) in [5.41, 5.74) is 1.69. The summed E-state index contributed by atoms with van der Waals surface area (Å²) in [6, 6.07) is 5.44. The molecule has 0 spiro atoms. The zero-order valence-corrected chi connectivity index (χ0v) is 9.75. The van der Waals surface area contributed by atoms with E-state index >= 15 is 0 Å². The van der Waals surface area contributed by atoms with Gasteiger partial charge in [0.25, 0.3) is 5.91 Å². The third-order valence-corrected chi connectivity index (χ3v) is 2.33. The summed E-state index contributed by atoms with van der Waals surface area (Å²) in [5, 5.41) is 2.74. The van der Waals surface area contributed by atoms with Gasteiger partial charge in [0.1, 0.15) is 5.75 Å². The summed E-state index contributed by atoms with van der Waals surface area (Å²) in [4.78, 5) is 11.7. The lowest BCUT2D eigenvalue weighted by Gasteiger charge is -2.09. The molecule has 16 heavy (non-hydrogen) atoms. The molecule has 1 amide bonds. The molecule has 3 nitrogen and oxygen atoms in total. The molecule has 0 radical (unpaired) electrons. The standard InChI is InChI=1S/C13H17NO2/c1-4-8-14-13(15)11-6-7-12(16-3)10(5-2)9-11/h4,6-7,9H,1,5,8H2,2-3H3,(H,14,15). The Morgan fingerprint density at radius 2 is 2.31 bits per heavy atom. The van der Waals surface area contributed by atoms with Gasteiger partial charge in [0.2, 0.25) is 0 Å². The Hall–Kier alpha value is -1.77. The first kappa shape index (κ1) is 12.3. The Morgan fingerprint density at radius 3 is 2.88 bits per heavy atom. The van der Waals surface area contributed by atoms with Crippen molar-refractivity contribution in [3.63, 3.8) is 0 Å². The fourth-order valence-electron chi connectivity index (χ4n) is 1.46. The van der Waals surface area contributed by atoms with E-state index in [-0.39, 0.29) is 5.91 Å². The third-order valence-electron chi connectivity index (χ3n) is 2.33. The Bertz CT molecular complexity index is 386. The van der Waals surface area contributed by atoms with E-state index in [4.69, 9.17) is 4.74 Å². The molecule has 0 heterocycles. The van der Waals surface area contributed by atoms with Crippen LogP contribution in [-0.4, -0.2) is 19.6 Å². The second-order valence-electron chi connectivity index (χ2n) is 3.38. The Labute approximate surface area is 96.1 Å². The summed E-state index contributed by atoms with van der Waals surface area (Å²) >= 11 is 0. The SMILES string of the molecule is C=CCNC(=O)c1ccc(OC)c(CC)c1. The summed E-state index contributed by atoms with van der Waals surface area (Å²) in [6.45, 7) is 6.06. The van der Waals surface area contributed by atoms with Crippen LogP contribution in [0.5, 0.6) is 5.75 Å². The second-order valence-corrected chi connectivity index (χ2v) is 3.38. The highest BCUT2D eigenvalue weighted by Gasteiger charge is 2.08. The normalized spacial score (nSPS) is 9.62. The molecule has 1 N–H and O–H groups in total. The van der Waals surface area contributed by atoms with Gasteiger partial charge in [-0.3, -0.25) is 4.79 Å². The first-order valence-electron chi connectivity index (χ1n) is 5.29. The molecular formula is C13H17NO2. The van der Waals surface area contributed by atoms with Gasteiger partial charge in [-0.15, -0.1) is 6.58 Å². The number of nitrogens with one attached hydrogen (secondary N) is 1. The molecule has 3 heteroatoms. The maximum atomic E-state index is 11.7. The molecule has 0 saturated carbocycles. The summed E-state index contributed by atoms with van der Waals surface area (Å²) in [7, 11) is 1.63. The Balaban J connectivity index is 2.89. The molecule has 0 aliphatic heterocycles. The van der Waals surface area contributed by atoms with Gasteiger partial charge >= 0.3 is 0 Å². The maximum absolute atomic E-state index is 11.7. The number of amides is 1. The van der Waals surface area contributed by atoms with E-state index in [1.54, 1.807) is 19.3 Å². The average Bonchev–Trinajstić information content (AvgIpc) is 2.34. The summed E-state index contributed by atoms with van der Waals surface area (Å²) < 4.78 is 5.20. The summed E-state index contributed by atoms with van der Waals surface area (Å²) in [5.74, 6) is 0.736. The zero-order chi connectivity index (χ0) is 12.0. The van der Waals surface area contributed by atoms with Crippen molar-refractivity contribution in [2.75, 3.05) is 13.7 Å². The average molecular weight is 219 g/mol. The lowest BCUT2D eigenvalue weighted by Crippen LogP contribution is -2.23. The van der Waals surface area contributed by atoms with Crippen molar-refractivity contribution < 1.29 is 9.53 Å². The lowest BCUT2D eigenvalue weighted by molar-refractivity contribution is 0.0958. The molecule has 0 aromatic heterocycles. The minimum absolute atomic E-state index is 0.0859. The molecule has 0 fully saturated rings. The fourth-order valence-corrected chi connectivity index (χ4v) is 1.46. The van der Waals surface area contributed by atoms with Crippen LogP contribution in [0.15, 0.2) is 30.9 Å². The summed E-state index contributed by atoms with van der Waals surface area (Å²) in [6.07, 6.45) is 2.49. The monoisotopic (exact) mass is 219 g/mol. The molecule has 0 aliphatic rings. The predicted molar refractivity (Wildman–Crippen MR) is 64.9 cm³/mol. The van der Waals surface area contributed by atoms with Gasteiger partial charge in [-0.1, -0.05) is 13.0 Å². The van der Waals surface area contributed by atoms with Gasteiger partial charge in [-0.25, -0.2) is 0 Å². The van der Waals surface area contributed by atoms with Gasteiger partial charge in [-0.05, 0) is 30.2 Å². The first-order valence-corrected chi connectivity index (χ1v) is 5.29. The number of hydrogen-bond donors (Lipinski definition) is 1. The zero-order valence-electron chi connectivity index (χ0n) is 9.75. The largest absolute Gasteiger partial charge is 0.496 e. The van der Waals surface area contributed by atoms with Gasteiger partial charge in [0, 0.05) is 12.1 Å². The van der Waals surface area contributed by atoms with E-state index in [1.165, 1.54) is 0 Å². The maximum Gasteiger partial charge on any atom is 0.251 e. The van der Waals surface area contributed by atoms with Crippen LogP contribution in [0.2, 0.25) is 0 Å². The van der Waals surface area contributed by atoms with E-state index in [9.17, 15) is 4.79 Å². The Morgan fingerprint density at radius 1 is 1.56 bits per heavy atom. The molecule has 0 aliphatic carbocycles. The van der Waals surface area contributed by atoms with Crippen LogP contribution < -0.4 is 10.1 Å². The van der Waals surface area contributed by atoms with Crippen LogP contribution >= 0.6 is 0 Å². The molecule has 1 aromatic carbocycles. The van der Waals surface area contributed by atoms with Gasteiger partial charge in [0.05, 0.1) is 7.11 Å². The number of aryl methyl sites for hydroxylation is 1. The van der Waals surface area contributed by atoms with Crippen LogP contribution in [-0.2, 0) is 6.42 Å². The van der Waals surface area contributed by atoms with Gasteiger partial charge in [-0.2, -0.15) is 0 Å². The van der Waals surface area contributed by atoms with Gasteiger partial charge in [0.15, 0.2) is 0 Å². The molecule has 0 atom stereocenters. The van der Waals surface area contributed by atoms with Crippen molar-refractivity contribution in [1.82, 2.24) is 5.32 Å². The topological polar surface area (TPSA) is 38.3 Å². The van der Waals surface area contributed by atoms with Crippen LogP contribution in [0.25, 0.3) is 0 Å². The van der Waals surface area contributed by atoms with E-state index in [1.807, 2.05) is 19.1 Å². The second kappa shape index (κ2) is 5.95. The molecular weight excluding hydrogens is 202 g/mol. The number of carbonyl (C=O) groups excluding carboxylic acids is 1. The van der Waals surface area contributed by atoms with Crippen molar-refractivity contribution in [2.24, 2.45) is 0 Å². The fraction of sp³-hybridized carbons (Fsp3) is 0.308. The quantitative estimate of drug-likeness (QED) is 0.771. The molecule has 0 unspecified atom stereocenters. The van der Waals surface area contributed by atoms with E-state index in [0.29, 0.717) is 12.1 Å². The van der Waals surface area contributed by atoms with E-state index in [0.717, 1.165) is 17.7 Å². The number of methoxy groups -OCH3 is 1. The predicted octanol–water partition coefficient (Wildman–Crippen LogP) is 2.17. The van der Waals surface area contributed by atoms with Crippen molar-refractivity contribution >= 4 is 5.91 Å². The number of hydrogen-bond acceptors (Lipinski definition) is 2.